The Morgan fingerprint density at radius 3 is 0.932 bits per heavy atom. The average molecular weight is 821 g/mol. The Bertz CT molecular complexity index is 1130. The summed E-state index contributed by atoms with van der Waals surface area (Å²) >= 11 is 1.60. The molecule has 0 radical (unpaired) electrons. The van der Waals surface area contributed by atoms with Gasteiger partial charge in [-0.3, -0.25) is 19.9 Å². The van der Waals surface area contributed by atoms with E-state index in [0.717, 1.165) is 52.0 Å². The predicted molar refractivity (Wildman–Crippen MR) is 257 cm³/mol. The largest absolute Gasteiger partial charge is 0.314 e. The van der Waals surface area contributed by atoms with E-state index in [0.29, 0.717) is 0 Å². The second kappa shape index (κ2) is 49.7. The molecule has 5 aliphatic carbocycles. The molecule has 0 atom stereocenters. The molecule has 5 heterocycles. The maximum absolute atomic E-state index is 3.78. The Morgan fingerprint density at radius 2 is 0.797 bits per heavy atom. The SMILES string of the molecule is C1=CCC=C1.C1=CCC=C1.C1=CN=CC1.C1=CN=NC1.C1CCCC1.C1CCCC1.C1CCCCC1.C1CNCCN1.c1ccccc1.c1cnccn1.c1cscn1. The third-order valence-electron chi connectivity index (χ3n) is 8.74. The molecule has 2 N–H and O–H groups in total. The number of allylic oxidation sites excluding steroid dienone is 9. The smallest absolute Gasteiger partial charge is 0.0802 e. The van der Waals surface area contributed by atoms with Gasteiger partial charge in [0, 0.05) is 87.6 Å². The number of thiazole rings is 1. The Labute approximate surface area is 363 Å². The van der Waals surface area contributed by atoms with E-state index in [1.807, 2.05) is 60.1 Å². The first-order chi connectivity index (χ1) is 29.5. The number of aliphatic imine (C=N–C) groups is 1. The minimum Gasteiger partial charge on any atom is -0.314 e. The maximum atomic E-state index is 3.78. The lowest BCUT2D eigenvalue weighted by atomic mass is 10.0. The van der Waals surface area contributed by atoms with Crippen LogP contribution in [0.2, 0.25) is 0 Å². The van der Waals surface area contributed by atoms with E-state index in [1.54, 1.807) is 60.2 Å². The highest BCUT2D eigenvalue weighted by Crippen LogP contribution is 2.16. The molecule has 0 spiro atoms. The molecule has 3 aromatic rings. The highest BCUT2D eigenvalue weighted by Gasteiger charge is 1.96. The molecule has 8 nitrogen and oxygen atoms in total. The fourth-order valence-electron chi connectivity index (χ4n) is 5.57. The summed E-state index contributed by atoms with van der Waals surface area (Å²) in [5.41, 5.74) is 1.79. The van der Waals surface area contributed by atoms with Crippen LogP contribution in [0.15, 0.2) is 167 Å². The molecule has 59 heavy (non-hydrogen) atoms. The first-order valence-corrected chi connectivity index (χ1v) is 23.2. The third-order valence-corrected chi connectivity index (χ3v) is 9.26. The number of hydrogen-bond acceptors (Lipinski definition) is 9. The fourth-order valence-corrected chi connectivity index (χ4v) is 5.92. The normalized spacial score (nSPS) is 17.2. The summed E-state index contributed by atoms with van der Waals surface area (Å²) in [6, 6.07) is 12.0. The van der Waals surface area contributed by atoms with Gasteiger partial charge in [0.25, 0.3) is 0 Å². The third kappa shape index (κ3) is 47.8. The van der Waals surface area contributed by atoms with Crippen LogP contribution in [0.1, 0.15) is 122 Å². The number of aromatic nitrogens is 3. The van der Waals surface area contributed by atoms with Gasteiger partial charge in [0.15, 0.2) is 0 Å². The van der Waals surface area contributed by atoms with E-state index in [9.17, 15) is 0 Å². The predicted octanol–water partition coefficient (Wildman–Crippen LogP) is 13.7. The zero-order chi connectivity index (χ0) is 41.7. The molecule has 3 aliphatic heterocycles. The van der Waals surface area contributed by atoms with Crippen LogP contribution in [0.3, 0.4) is 0 Å². The van der Waals surface area contributed by atoms with Gasteiger partial charge >= 0.3 is 0 Å². The standard InChI is InChI=1S/C6H12.C6H6.2C5H10.2C5H6.C4H10N2.C4H4N2.C4H5N.C3H4N2.C3H3NS/c2*1-2-4-6-5-3-1;4*1-2-4-5-3-1;2*1-2-6-4-3-5-1;2*1-2-4-5-3-1;1-2-5-3-4-1/h1-6H2;1-6H;2*1-5H2;2*1-4H,5H2;5-6H,1-4H2;1-4H;1,3-4H,2H2;1-2H,3H2;1-3H. The van der Waals surface area contributed by atoms with Gasteiger partial charge in [-0.05, 0) is 18.9 Å². The van der Waals surface area contributed by atoms with Crippen molar-refractivity contribution >= 4 is 17.6 Å². The molecule has 322 valence electrons. The second-order valence-corrected chi connectivity index (χ2v) is 14.6. The van der Waals surface area contributed by atoms with Crippen molar-refractivity contribution in [1.82, 2.24) is 25.6 Å². The number of piperazine rings is 1. The van der Waals surface area contributed by atoms with Gasteiger partial charge in [-0.1, -0.05) is 194 Å². The van der Waals surface area contributed by atoms with Gasteiger partial charge in [0.05, 0.1) is 12.1 Å². The summed E-state index contributed by atoms with van der Waals surface area (Å²) < 4.78 is 0. The van der Waals surface area contributed by atoms with Crippen molar-refractivity contribution in [2.75, 3.05) is 32.7 Å². The number of hydrogen-bond donors (Lipinski definition) is 2. The van der Waals surface area contributed by atoms with Gasteiger partial charge < -0.3 is 10.6 Å². The van der Waals surface area contributed by atoms with Crippen LogP contribution in [0.25, 0.3) is 0 Å². The number of azo groups is 1. The molecule has 2 aromatic heterocycles. The Kier molecular flexibility index (Phi) is 44.3. The van der Waals surface area contributed by atoms with Crippen molar-refractivity contribution in [3.05, 3.63) is 151 Å². The first-order valence-electron chi connectivity index (χ1n) is 22.3. The molecule has 8 aliphatic rings. The fraction of sp³-hybridized carbons (Fsp3) is 0.480. The zero-order valence-electron chi connectivity index (χ0n) is 36.1. The van der Waals surface area contributed by atoms with E-state index < -0.39 is 0 Å². The van der Waals surface area contributed by atoms with Gasteiger partial charge in [0.1, 0.15) is 0 Å². The van der Waals surface area contributed by atoms with Gasteiger partial charge in [0.2, 0.25) is 0 Å². The zero-order valence-corrected chi connectivity index (χ0v) is 36.9. The van der Waals surface area contributed by atoms with E-state index in [-0.39, 0.29) is 0 Å². The molecular weight excluding hydrogens is 745 g/mol. The number of nitrogens with one attached hydrogen (secondary N) is 2. The Hall–Kier alpha value is -4.44. The number of nitrogens with zero attached hydrogens (tertiary/aromatic N) is 6. The van der Waals surface area contributed by atoms with E-state index in [1.165, 1.54) is 103 Å². The molecule has 0 unspecified atom stereocenters. The van der Waals surface area contributed by atoms with Gasteiger partial charge in [-0.15, -0.1) is 11.3 Å². The summed E-state index contributed by atoms with van der Waals surface area (Å²) in [5.74, 6) is 0. The summed E-state index contributed by atoms with van der Waals surface area (Å²) in [6.07, 6.45) is 61.6. The molecule has 3 saturated carbocycles. The van der Waals surface area contributed by atoms with Crippen LogP contribution in [-0.2, 0) is 0 Å². The van der Waals surface area contributed by atoms with E-state index in [4.69, 9.17) is 0 Å². The Balaban J connectivity index is 0.000000325. The van der Waals surface area contributed by atoms with Crippen molar-refractivity contribution < 1.29 is 0 Å². The maximum Gasteiger partial charge on any atom is 0.0802 e. The molecule has 9 heteroatoms. The summed E-state index contributed by atoms with van der Waals surface area (Å²) in [6.45, 7) is 5.33. The molecule has 1 saturated heterocycles. The monoisotopic (exact) mass is 821 g/mol. The number of rotatable bonds is 0. The lowest BCUT2D eigenvalue weighted by Gasteiger charge is -2.11. The lowest BCUT2D eigenvalue weighted by Crippen LogP contribution is -2.39. The molecule has 11 rings (SSSR count). The molecule has 0 amide bonds. The van der Waals surface area contributed by atoms with Crippen molar-refractivity contribution in [2.24, 2.45) is 15.2 Å². The van der Waals surface area contributed by atoms with Gasteiger partial charge in [-0.2, -0.15) is 10.2 Å². The van der Waals surface area contributed by atoms with Gasteiger partial charge in [-0.25, -0.2) is 0 Å². The minimum absolute atomic E-state index is 0.778. The van der Waals surface area contributed by atoms with Crippen LogP contribution in [-0.4, -0.2) is 53.9 Å². The van der Waals surface area contributed by atoms with Crippen molar-refractivity contribution in [1.29, 1.82) is 0 Å². The van der Waals surface area contributed by atoms with Crippen LogP contribution in [0.5, 0.6) is 0 Å². The first kappa shape index (κ1) is 52.6. The average Bonchev–Trinajstić information content (AvgIpc) is 4.21. The van der Waals surface area contributed by atoms with E-state index in [2.05, 4.69) is 89.4 Å². The van der Waals surface area contributed by atoms with E-state index >= 15 is 0 Å². The summed E-state index contributed by atoms with van der Waals surface area (Å²) in [7, 11) is 0. The van der Waals surface area contributed by atoms with Crippen molar-refractivity contribution in [3.8, 4) is 0 Å². The highest BCUT2D eigenvalue weighted by molar-refractivity contribution is 7.07. The molecule has 1 aromatic carbocycles. The summed E-state index contributed by atoms with van der Waals surface area (Å²) in [4.78, 5) is 15.0. The summed E-state index contributed by atoms with van der Waals surface area (Å²) in [5, 5.41) is 15.5. The lowest BCUT2D eigenvalue weighted by molar-refractivity contribution is 0.504. The minimum atomic E-state index is 0.778. The van der Waals surface area contributed by atoms with Crippen LogP contribution >= 0.6 is 11.3 Å². The number of benzene rings is 1. The highest BCUT2D eigenvalue weighted by atomic mass is 32.1. The topological polar surface area (TPSA) is 99.8 Å². The quantitative estimate of drug-likeness (QED) is 0.235. The molecule has 4 fully saturated rings. The van der Waals surface area contributed by atoms with Crippen LogP contribution in [0.4, 0.5) is 0 Å². The molecular formula is C50H76N8S. The van der Waals surface area contributed by atoms with Crippen molar-refractivity contribution in [3.63, 3.8) is 0 Å². The van der Waals surface area contributed by atoms with Crippen LogP contribution in [0, 0.1) is 0 Å². The Morgan fingerprint density at radius 1 is 0.390 bits per heavy atom. The molecule has 0 bridgehead atoms. The van der Waals surface area contributed by atoms with Crippen LogP contribution < -0.4 is 10.6 Å². The van der Waals surface area contributed by atoms with Crippen molar-refractivity contribution in [2.45, 2.75) is 122 Å². The second-order valence-electron chi connectivity index (χ2n) is 13.8.